The summed E-state index contributed by atoms with van der Waals surface area (Å²) in [4.78, 5) is 13.6. The van der Waals surface area contributed by atoms with Crippen LogP contribution in [0.1, 0.15) is 11.8 Å². The molecular formula is C20H17Cl2FN2O3S2. The second kappa shape index (κ2) is 9.34. The van der Waals surface area contributed by atoms with E-state index in [0.29, 0.717) is 5.02 Å². The van der Waals surface area contributed by atoms with Gasteiger partial charge >= 0.3 is 0 Å². The van der Waals surface area contributed by atoms with Gasteiger partial charge in [0.2, 0.25) is 5.91 Å². The Kier molecular flexibility index (Phi) is 7.02. The molecule has 0 aliphatic rings. The zero-order valence-corrected chi connectivity index (χ0v) is 18.8. The summed E-state index contributed by atoms with van der Waals surface area (Å²) in [7, 11) is -4.31. The normalized spacial score (nSPS) is 12.4. The third-order valence-electron chi connectivity index (χ3n) is 4.26. The minimum absolute atomic E-state index is 0.133. The van der Waals surface area contributed by atoms with Crippen LogP contribution in [0.2, 0.25) is 10.0 Å². The van der Waals surface area contributed by atoms with Gasteiger partial charge in [-0.25, -0.2) is 12.8 Å². The monoisotopic (exact) mass is 486 g/mol. The quantitative estimate of drug-likeness (QED) is 0.505. The highest BCUT2D eigenvalue weighted by Crippen LogP contribution is 2.31. The van der Waals surface area contributed by atoms with Gasteiger partial charge in [0.25, 0.3) is 10.0 Å². The van der Waals surface area contributed by atoms with E-state index in [4.69, 9.17) is 23.2 Å². The van der Waals surface area contributed by atoms with Gasteiger partial charge in [-0.1, -0.05) is 29.3 Å². The van der Waals surface area contributed by atoms with Gasteiger partial charge in [-0.15, -0.1) is 11.3 Å². The van der Waals surface area contributed by atoms with Gasteiger partial charge < -0.3 is 5.32 Å². The number of thiophene rings is 1. The molecule has 1 heterocycles. The molecule has 0 aliphatic carbocycles. The maximum absolute atomic E-state index is 14.6. The number of rotatable bonds is 7. The molecule has 0 bridgehead atoms. The molecule has 0 spiro atoms. The summed E-state index contributed by atoms with van der Waals surface area (Å²) >= 11 is 13.3. The third kappa shape index (κ3) is 4.95. The second-order valence-electron chi connectivity index (χ2n) is 6.32. The number of nitrogens with zero attached hydrogens (tertiary/aromatic N) is 1. The van der Waals surface area contributed by atoms with E-state index in [9.17, 15) is 17.6 Å². The Labute approximate surface area is 188 Å². The zero-order valence-electron chi connectivity index (χ0n) is 15.7. The first-order valence-corrected chi connectivity index (χ1v) is 11.8. The van der Waals surface area contributed by atoms with E-state index >= 15 is 0 Å². The lowest BCUT2D eigenvalue weighted by Gasteiger charge is -2.30. The molecule has 1 atom stereocenters. The van der Waals surface area contributed by atoms with Crippen LogP contribution in [0, 0.1) is 5.82 Å². The molecular weight excluding hydrogens is 470 g/mol. The Hall–Kier alpha value is -2.13. The van der Waals surface area contributed by atoms with Crippen LogP contribution < -0.4 is 9.62 Å². The predicted octanol–water partition coefficient (Wildman–Crippen LogP) is 5.09. The molecule has 0 saturated heterocycles. The number of carbonyl (C=O) groups is 1. The van der Waals surface area contributed by atoms with E-state index in [1.54, 1.807) is 0 Å². The molecule has 3 aromatic rings. The second-order valence-corrected chi connectivity index (χ2v) is 10.0. The fraction of sp³-hybridized carbons (Fsp3) is 0.150. The summed E-state index contributed by atoms with van der Waals surface area (Å²) in [5.41, 5.74) is -0.323. The molecule has 0 radical (unpaired) electrons. The minimum atomic E-state index is -4.31. The van der Waals surface area contributed by atoms with Crippen molar-refractivity contribution in [2.45, 2.75) is 24.4 Å². The van der Waals surface area contributed by atoms with Crippen molar-refractivity contribution >= 4 is 56.2 Å². The number of amides is 1. The molecule has 158 valence electrons. The van der Waals surface area contributed by atoms with Crippen LogP contribution in [0.3, 0.4) is 0 Å². The highest BCUT2D eigenvalue weighted by molar-refractivity contribution is 7.93. The summed E-state index contributed by atoms with van der Waals surface area (Å²) in [6, 6.07) is 11.4. The number of sulfonamides is 1. The Morgan fingerprint density at radius 1 is 1.13 bits per heavy atom. The third-order valence-corrected chi connectivity index (χ3v) is 7.53. The molecule has 0 fully saturated rings. The summed E-state index contributed by atoms with van der Waals surface area (Å²) < 4.78 is 42.1. The standard InChI is InChI=1S/C20H17Cl2FN2O3S2/c1-13(20(26)24-12-16-3-2-10-29-16)25(19-11-15(22)6-9-18(19)23)30(27,28)17-7-4-14(21)5-8-17/h2-11,13H,12H2,1H3,(H,24,26). The fourth-order valence-corrected chi connectivity index (χ4v) is 5.32. The predicted molar refractivity (Wildman–Crippen MR) is 118 cm³/mol. The lowest BCUT2D eigenvalue weighted by molar-refractivity contribution is -0.121. The maximum Gasteiger partial charge on any atom is 0.265 e. The summed E-state index contributed by atoms with van der Waals surface area (Å²) in [5.74, 6) is -1.41. The van der Waals surface area contributed by atoms with Crippen molar-refractivity contribution in [2.24, 2.45) is 0 Å². The number of hydrogen-bond acceptors (Lipinski definition) is 4. The van der Waals surface area contributed by atoms with Crippen molar-refractivity contribution < 1.29 is 17.6 Å². The van der Waals surface area contributed by atoms with E-state index in [2.05, 4.69) is 5.32 Å². The van der Waals surface area contributed by atoms with Gasteiger partial charge in [0.05, 0.1) is 17.1 Å². The lowest BCUT2D eigenvalue weighted by atomic mass is 10.2. The SMILES string of the molecule is CC(C(=O)NCc1cccs1)N(c1cc(Cl)ccc1F)S(=O)(=O)c1ccc(Cl)cc1. The van der Waals surface area contributed by atoms with Gasteiger partial charge in [0, 0.05) is 14.9 Å². The summed E-state index contributed by atoms with van der Waals surface area (Å²) in [5, 5.41) is 5.03. The van der Waals surface area contributed by atoms with Crippen LogP contribution in [0.4, 0.5) is 10.1 Å². The molecule has 0 saturated carbocycles. The lowest BCUT2D eigenvalue weighted by Crippen LogP contribution is -2.48. The number of nitrogens with one attached hydrogen (secondary N) is 1. The Balaban J connectivity index is 2.01. The van der Waals surface area contributed by atoms with E-state index < -0.39 is 27.8 Å². The fourth-order valence-electron chi connectivity index (χ4n) is 2.76. The maximum atomic E-state index is 14.6. The van der Waals surface area contributed by atoms with Crippen molar-refractivity contribution in [1.82, 2.24) is 5.32 Å². The van der Waals surface area contributed by atoms with Crippen LogP contribution in [0.25, 0.3) is 0 Å². The van der Waals surface area contributed by atoms with E-state index in [-0.39, 0.29) is 22.2 Å². The van der Waals surface area contributed by atoms with Crippen LogP contribution in [-0.2, 0) is 21.4 Å². The molecule has 3 rings (SSSR count). The van der Waals surface area contributed by atoms with Gasteiger partial charge in [-0.2, -0.15) is 0 Å². The number of carbonyl (C=O) groups excluding carboxylic acids is 1. The topological polar surface area (TPSA) is 66.5 Å². The average Bonchev–Trinajstić information content (AvgIpc) is 3.22. The van der Waals surface area contributed by atoms with E-state index in [1.807, 2.05) is 17.5 Å². The first-order valence-electron chi connectivity index (χ1n) is 8.75. The van der Waals surface area contributed by atoms with Crippen molar-refractivity contribution in [2.75, 3.05) is 4.31 Å². The highest BCUT2D eigenvalue weighted by atomic mass is 35.5. The van der Waals surface area contributed by atoms with Gasteiger partial charge in [-0.3, -0.25) is 9.10 Å². The van der Waals surface area contributed by atoms with Crippen molar-refractivity contribution in [3.8, 4) is 0 Å². The molecule has 5 nitrogen and oxygen atoms in total. The van der Waals surface area contributed by atoms with Gasteiger partial charge in [0.15, 0.2) is 0 Å². The molecule has 1 aromatic heterocycles. The van der Waals surface area contributed by atoms with Crippen molar-refractivity contribution in [3.05, 3.63) is 80.7 Å². The molecule has 1 amide bonds. The molecule has 2 aromatic carbocycles. The molecule has 30 heavy (non-hydrogen) atoms. The minimum Gasteiger partial charge on any atom is -0.349 e. The first-order chi connectivity index (χ1) is 14.2. The number of hydrogen-bond donors (Lipinski definition) is 1. The first kappa shape index (κ1) is 22.6. The van der Waals surface area contributed by atoms with Crippen molar-refractivity contribution in [1.29, 1.82) is 0 Å². The average molecular weight is 487 g/mol. The molecule has 0 aliphatic heterocycles. The number of anilines is 1. The largest absolute Gasteiger partial charge is 0.349 e. The Morgan fingerprint density at radius 2 is 1.80 bits per heavy atom. The number of halogens is 3. The molecule has 1 N–H and O–H groups in total. The van der Waals surface area contributed by atoms with Gasteiger partial charge in [0.1, 0.15) is 11.9 Å². The highest BCUT2D eigenvalue weighted by Gasteiger charge is 2.35. The van der Waals surface area contributed by atoms with E-state index in [0.717, 1.165) is 15.2 Å². The Morgan fingerprint density at radius 3 is 2.43 bits per heavy atom. The van der Waals surface area contributed by atoms with E-state index in [1.165, 1.54) is 54.7 Å². The van der Waals surface area contributed by atoms with Crippen LogP contribution >= 0.6 is 34.5 Å². The van der Waals surface area contributed by atoms with Crippen molar-refractivity contribution in [3.63, 3.8) is 0 Å². The number of benzene rings is 2. The summed E-state index contributed by atoms with van der Waals surface area (Å²) in [6.45, 7) is 1.62. The van der Waals surface area contributed by atoms with Crippen LogP contribution in [-0.4, -0.2) is 20.4 Å². The zero-order chi connectivity index (χ0) is 21.9. The molecule has 10 heteroatoms. The van der Waals surface area contributed by atoms with Gasteiger partial charge in [-0.05, 0) is 60.8 Å². The molecule has 1 unspecified atom stereocenters. The summed E-state index contributed by atoms with van der Waals surface area (Å²) in [6.07, 6.45) is 0. The van der Waals surface area contributed by atoms with Crippen LogP contribution in [0.15, 0.2) is 64.9 Å². The Bertz CT molecular complexity index is 1140. The van der Waals surface area contributed by atoms with Crippen LogP contribution in [0.5, 0.6) is 0 Å². The smallest absolute Gasteiger partial charge is 0.265 e.